The second-order valence-electron chi connectivity index (χ2n) is 4.75. The number of aromatic nitrogens is 1. The molecule has 1 amide bonds. The third-order valence-corrected chi connectivity index (χ3v) is 4.02. The highest BCUT2D eigenvalue weighted by molar-refractivity contribution is 9.10. The van der Waals surface area contributed by atoms with Gasteiger partial charge in [0.15, 0.2) is 0 Å². The summed E-state index contributed by atoms with van der Waals surface area (Å²) in [4.78, 5) is 20.4. The van der Waals surface area contributed by atoms with E-state index in [1.54, 1.807) is 18.3 Å². The minimum atomic E-state index is -0.0402. The highest BCUT2D eigenvalue weighted by atomic mass is 79.9. The maximum Gasteiger partial charge on any atom is 0.255 e. The molecule has 0 bridgehead atoms. The lowest BCUT2D eigenvalue weighted by atomic mass is 10.1. The molecule has 2 heterocycles. The molecule has 0 N–H and O–H groups in total. The number of hydrogen-bond donors (Lipinski definition) is 0. The summed E-state index contributed by atoms with van der Waals surface area (Å²) in [7, 11) is 0. The van der Waals surface area contributed by atoms with E-state index in [0.717, 1.165) is 24.1 Å². The molecule has 106 valence electrons. The zero-order chi connectivity index (χ0) is 14.5. The molecule has 1 aliphatic heterocycles. The van der Waals surface area contributed by atoms with Gasteiger partial charge in [-0.1, -0.05) is 6.92 Å². The van der Waals surface area contributed by atoms with Crippen LogP contribution in [0.5, 0.6) is 0 Å². The van der Waals surface area contributed by atoms with Crippen molar-refractivity contribution in [1.82, 2.24) is 14.8 Å². The lowest BCUT2D eigenvalue weighted by Gasteiger charge is -2.36. The molecular formula is C14H17BrN4O. The summed E-state index contributed by atoms with van der Waals surface area (Å²) in [6.07, 6.45) is 2.41. The van der Waals surface area contributed by atoms with Crippen LogP contribution < -0.4 is 0 Å². The maximum absolute atomic E-state index is 12.3. The lowest BCUT2D eigenvalue weighted by Crippen LogP contribution is -2.51. The zero-order valence-corrected chi connectivity index (χ0v) is 13.0. The number of carbonyl (C=O) groups is 1. The Morgan fingerprint density at radius 3 is 2.65 bits per heavy atom. The van der Waals surface area contributed by atoms with Gasteiger partial charge in [-0.3, -0.25) is 9.69 Å². The molecule has 2 rings (SSSR count). The zero-order valence-electron chi connectivity index (χ0n) is 11.4. The van der Waals surface area contributed by atoms with Crippen LogP contribution in [0, 0.1) is 11.3 Å². The van der Waals surface area contributed by atoms with Gasteiger partial charge >= 0.3 is 0 Å². The van der Waals surface area contributed by atoms with E-state index in [-0.39, 0.29) is 11.9 Å². The standard InChI is InChI=1S/C14H17BrN4O/c1-2-12(9-16)18-5-7-19(8-6-18)14(20)11-3-4-13(15)17-10-11/h3-4,10,12H,2,5-8H2,1H3. The van der Waals surface area contributed by atoms with Crippen molar-refractivity contribution in [3.8, 4) is 6.07 Å². The summed E-state index contributed by atoms with van der Waals surface area (Å²) in [5.41, 5.74) is 0.606. The third kappa shape index (κ3) is 3.35. The van der Waals surface area contributed by atoms with Crippen molar-refractivity contribution in [1.29, 1.82) is 5.26 Å². The average Bonchev–Trinajstić information content (AvgIpc) is 2.49. The predicted molar refractivity (Wildman–Crippen MR) is 79.1 cm³/mol. The van der Waals surface area contributed by atoms with E-state index < -0.39 is 0 Å². The normalized spacial score (nSPS) is 17.6. The van der Waals surface area contributed by atoms with Gasteiger partial charge < -0.3 is 4.90 Å². The monoisotopic (exact) mass is 336 g/mol. The minimum absolute atomic E-state index is 0.00894. The van der Waals surface area contributed by atoms with Crippen LogP contribution in [-0.2, 0) is 0 Å². The van der Waals surface area contributed by atoms with E-state index in [1.807, 2.05) is 11.8 Å². The minimum Gasteiger partial charge on any atom is -0.336 e. The molecule has 5 nitrogen and oxygen atoms in total. The highest BCUT2D eigenvalue weighted by Crippen LogP contribution is 2.13. The molecule has 20 heavy (non-hydrogen) atoms. The van der Waals surface area contributed by atoms with E-state index in [0.29, 0.717) is 18.7 Å². The lowest BCUT2D eigenvalue weighted by molar-refractivity contribution is 0.0604. The topological polar surface area (TPSA) is 60.2 Å². The van der Waals surface area contributed by atoms with E-state index in [2.05, 4.69) is 31.9 Å². The van der Waals surface area contributed by atoms with E-state index in [4.69, 9.17) is 5.26 Å². The summed E-state index contributed by atoms with van der Waals surface area (Å²) in [6, 6.07) is 5.81. The van der Waals surface area contributed by atoms with Gasteiger partial charge in [-0.05, 0) is 34.5 Å². The Labute approximate surface area is 127 Å². The van der Waals surface area contributed by atoms with Crippen molar-refractivity contribution < 1.29 is 4.79 Å². The summed E-state index contributed by atoms with van der Waals surface area (Å²) in [5.74, 6) is 0.00894. The van der Waals surface area contributed by atoms with Crippen molar-refractivity contribution in [2.24, 2.45) is 0 Å². The molecule has 1 aromatic heterocycles. The van der Waals surface area contributed by atoms with Crippen molar-refractivity contribution in [3.63, 3.8) is 0 Å². The van der Waals surface area contributed by atoms with Crippen LogP contribution in [-0.4, -0.2) is 52.9 Å². The molecule has 1 aromatic rings. The molecule has 0 spiro atoms. The number of rotatable bonds is 3. The number of nitrogens with zero attached hydrogens (tertiary/aromatic N) is 4. The molecular weight excluding hydrogens is 320 g/mol. The molecule has 0 aromatic carbocycles. The summed E-state index contributed by atoms with van der Waals surface area (Å²) >= 11 is 3.26. The Balaban J connectivity index is 1.95. The van der Waals surface area contributed by atoms with Crippen LogP contribution >= 0.6 is 15.9 Å². The fourth-order valence-electron chi connectivity index (χ4n) is 2.35. The molecule has 1 fully saturated rings. The van der Waals surface area contributed by atoms with Crippen molar-refractivity contribution in [2.75, 3.05) is 26.2 Å². The first-order valence-corrected chi connectivity index (χ1v) is 7.49. The number of halogens is 1. The molecule has 1 unspecified atom stereocenters. The second kappa shape index (κ2) is 6.82. The Morgan fingerprint density at radius 2 is 2.15 bits per heavy atom. The van der Waals surface area contributed by atoms with Gasteiger partial charge in [-0.2, -0.15) is 5.26 Å². The van der Waals surface area contributed by atoms with Gasteiger partial charge in [0.1, 0.15) is 4.60 Å². The molecule has 6 heteroatoms. The summed E-state index contributed by atoms with van der Waals surface area (Å²) < 4.78 is 0.721. The first kappa shape index (κ1) is 14.9. The molecule has 0 aliphatic carbocycles. The molecule has 0 saturated carbocycles. The summed E-state index contributed by atoms with van der Waals surface area (Å²) in [6.45, 7) is 4.84. The number of piperazine rings is 1. The smallest absolute Gasteiger partial charge is 0.255 e. The number of amides is 1. The molecule has 1 saturated heterocycles. The van der Waals surface area contributed by atoms with Gasteiger partial charge in [0, 0.05) is 32.4 Å². The van der Waals surface area contributed by atoms with Crippen molar-refractivity contribution in [2.45, 2.75) is 19.4 Å². The van der Waals surface area contributed by atoms with E-state index in [9.17, 15) is 4.79 Å². The summed E-state index contributed by atoms with van der Waals surface area (Å²) in [5, 5.41) is 9.07. The number of pyridine rings is 1. The average molecular weight is 337 g/mol. The fraction of sp³-hybridized carbons (Fsp3) is 0.500. The Morgan fingerprint density at radius 1 is 1.45 bits per heavy atom. The number of nitriles is 1. The van der Waals surface area contributed by atoms with Gasteiger partial charge in [-0.15, -0.1) is 0 Å². The van der Waals surface area contributed by atoms with E-state index >= 15 is 0 Å². The van der Waals surface area contributed by atoms with Crippen molar-refractivity contribution in [3.05, 3.63) is 28.5 Å². The van der Waals surface area contributed by atoms with Crippen LogP contribution in [0.4, 0.5) is 0 Å². The maximum atomic E-state index is 12.3. The Bertz CT molecular complexity index is 503. The van der Waals surface area contributed by atoms with Crippen molar-refractivity contribution >= 4 is 21.8 Å². The van der Waals surface area contributed by atoms with Crippen LogP contribution in [0.25, 0.3) is 0 Å². The predicted octanol–water partition coefficient (Wildman–Crippen LogP) is 1.90. The third-order valence-electron chi connectivity index (χ3n) is 3.55. The fourth-order valence-corrected chi connectivity index (χ4v) is 2.59. The number of carbonyl (C=O) groups excluding carboxylic acids is 1. The SMILES string of the molecule is CCC(C#N)N1CCN(C(=O)c2ccc(Br)nc2)CC1. The first-order valence-electron chi connectivity index (χ1n) is 6.70. The number of hydrogen-bond acceptors (Lipinski definition) is 4. The van der Waals surface area contributed by atoms with E-state index in [1.165, 1.54) is 0 Å². The second-order valence-corrected chi connectivity index (χ2v) is 5.56. The first-order chi connectivity index (χ1) is 9.65. The van der Waals surface area contributed by atoms with Crippen LogP contribution in [0.3, 0.4) is 0 Å². The molecule has 1 atom stereocenters. The van der Waals surface area contributed by atoms with Gasteiger partial charge in [0.05, 0.1) is 17.7 Å². The molecule has 1 aliphatic rings. The van der Waals surface area contributed by atoms with Gasteiger partial charge in [0.25, 0.3) is 5.91 Å². The largest absolute Gasteiger partial charge is 0.336 e. The molecule has 0 radical (unpaired) electrons. The highest BCUT2D eigenvalue weighted by Gasteiger charge is 2.25. The van der Waals surface area contributed by atoms with Crippen LogP contribution in [0.15, 0.2) is 22.9 Å². The van der Waals surface area contributed by atoms with Crippen LogP contribution in [0.2, 0.25) is 0 Å². The van der Waals surface area contributed by atoms with Gasteiger partial charge in [-0.25, -0.2) is 4.98 Å². The quantitative estimate of drug-likeness (QED) is 0.791. The Kier molecular flexibility index (Phi) is 5.10. The van der Waals surface area contributed by atoms with Gasteiger partial charge in [0.2, 0.25) is 0 Å². The van der Waals surface area contributed by atoms with Crippen LogP contribution in [0.1, 0.15) is 23.7 Å². The Hall–Kier alpha value is -1.45.